The van der Waals surface area contributed by atoms with Gasteiger partial charge in [-0.3, -0.25) is 0 Å². The van der Waals surface area contributed by atoms with Gasteiger partial charge < -0.3 is 0 Å². The fourth-order valence-electron chi connectivity index (χ4n) is 0.816. The Hall–Kier alpha value is -0.0400. The second kappa shape index (κ2) is 3.21. The van der Waals surface area contributed by atoms with Crippen molar-refractivity contribution in [3.8, 4) is 0 Å². The van der Waals surface area contributed by atoms with Gasteiger partial charge in [-0.25, -0.2) is 5.32 Å². The number of rotatable bonds is 4. The quantitative estimate of drug-likeness (QED) is 0.544. The first-order valence-electron chi connectivity index (χ1n) is 3.92. The molecule has 1 rings (SSSR count). The second-order valence-corrected chi connectivity index (χ2v) is 3.43. The predicted molar refractivity (Wildman–Crippen MR) is 39.4 cm³/mol. The van der Waals surface area contributed by atoms with Crippen LogP contribution in [0.2, 0.25) is 0 Å². The Labute approximate surface area is 57.8 Å². The molecular weight excluding hydrogens is 110 g/mol. The van der Waals surface area contributed by atoms with Crippen LogP contribution in [0, 0.1) is 11.8 Å². The Bertz CT molecular complexity index is 72.6. The lowest BCUT2D eigenvalue weighted by Crippen LogP contribution is -2.14. The van der Waals surface area contributed by atoms with E-state index in [0.717, 1.165) is 24.9 Å². The molecule has 0 spiro atoms. The predicted octanol–water partition coefficient (Wildman–Crippen LogP) is 1.66. The lowest BCUT2D eigenvalue weighted by Gasteiger charge is -2.02. The topological polar surface area (TPSA) is 14.1 Å². The molecule has 0 atom stereocenters. The van der Waals surface area contributed by atoms with Gasteiger partial charge in [0.15, 0.2) is 0 Å². The molecule has 0 aromatic carbocycles. The van der Waals surface area contributed by atoms with Crippen LogP contribution in [-0.4, -0.2) is 13.1 Å². The number of hydrogen-bond acceptors (Lipinski definition) is 0. The summed E-state index contributed by atoms with van der Waals surface area (Å²) in [6.45, 7) is 6.64. The Morgan fingerprint density at radius 3 is 2.56 bits per heavy atom. The van der Waals surface area contributed by atoms with Crippen molar-refractivity contribution in [2.75, 3.05) is 13.1 Å². The molecule has 0 aromatic rings. The third-order valence-electron chi connectivity index (χ3n) is 1.58. The maximum absolute atomic E-state index is 4.43. The molecule has 1 heteroatoms. The van der Waals surface area contributed by atoms with Crippen molar-refractivity contribution >= 4 is 0 Å². The van der Waals surface area contributed by atoms with Gasteiger partial charge in [0.05, 0.1) is 0 Å². The number of hydrogen-bond donors (Lipinski definition) is 0. The van der Waals surface area contributed by atoms with E-state index in [2.05, 4.69) is 19.2 Å². The fraction of sp³-hybridized carbons (Fsp3) is 1.00. The van der Waals surface area contributed by atoms with E-state index in [1.807, 2.05) is 0 Å². The summed E-state index contributed by atoms with van der Waals surface area (Å²) in [7, 11) is 0. The molecule has 0 bridgehead atoms. The smallest absolute Gasteiger partial charge is 0.0161 e. The van der Waals surface area contributed by atoms with Gasteiger partial charge in [-0.2, -0.15) is 0 Å². The van der Waals surface area contributed by atoms with E-state index < -0.39 is 0 Å². The molecule has 0 aromatic heterocycles. The van der Waals surface area contributed by atoms with Crippen LogP contribution in [0.4, 0.5) is 0 Å². The van der Waals surface area contributed by atoms with Gasteiger partial charge >= 0.3 is 0 Å². The highest BCUT2D eigenvalue weighted by atomic mass is 14.9. The largest absolute Gasteiger partial charge is 0.241 e. The van der Waals surface area contributed by atoms with Crippen LogP contribution in [0.15, 0.2) is 0 Å². The van der Waals surface area contributed by atoms with E-state index in [0.29, 0.717) is 0 Å². The maximum atomic E-state index is 4.43. The average molecular weight is 126 g/mol. The Kier molecular flexibility index (Phi) is 2.52. The molecule has 1 radical (unpaired) electrons. The third kappa shape index (κ3) is 3.52. The first-order chi connectivity index (χ1) is 4.29. The highest BCUT2D eigenvalue weighted by molar-refractivity contribution is 4.74. The Morgan fingerprint density at radius 1 is 1.44 bits per heavy atom. The molecule has 0 unspecified atom stereocenters. The van der Waals surface area contributed by atoms with Gasteiger partial charge in [-0.15, -0.1) is 0 Å². The minimum absolute atomic E-state index is 0.753. The van der Waals surface area contributed by atoms with Crippen molar-refractivity contribution in [3.05, 3.63) is 0 Å². The molecule has 0 saturated heterocycles. The zero-order valence-electron chi connectivity index (χ0n) is 6.43. The van der Waals surface area contributed by atoms with E-state index >= 15 is 0 Å². The molecule has 9 heavy (non-hydrogen) atoms. The molecule has 1 nitrogen and oxygen atoms in total. The number of nitrogens with zero attached hydrogens (tertiary/aromatic N) is 1. The zero-order chi connectivity index (χ0) is 6.69. The molecular formula is C8H16N. The molecule has 53 valence electrons. The lowest BCUT2D eigenvalue weighted by atomic mass is 10.2. The van der Waals surface area contributed by atoms with Crippen LogP contribution in [0.3, 0.4) is 0 Å². The average Bonchev–Trinajstić information content (AvgIpc) is 2.48. The van der Waals surface area contributed by atoms with Crippen molar-refractivity contribution in [1.29, 1.82) is 0 Å². The van der Waals surface area contributed by atoms with Crippen LogP contribution >= 0.6 is 0 Å². The molecule has 1 saturated carbocycles. The van der Waals surface area contributed by atoms with Gasteiger partial charge in [0.1, 0.15) is 0 Å². The van der Waals surface area contributed by atoms with E-state index in [4.69, 9.17) is 0 Å². The summed E-state index contributed by atoms with van der Waals surface area (Å²) >= 11 is 0. The van der Waals surface area contributed by atoms with Crippen molar-refractivity contribution in [2.24, 2.45) is 11.8 Å². The van der Waals surface area contributed by atoms with Crippen LogP contribution in [0.25, 0.3) is 0 Å². The Morgan fingerprint density at radius 2 is 2.11 bits per heavy atom. The third-order valence-corrected chi connectivity index (χ3v) is 1.58. The molecule has 1 fully saturated rings. The van der Waals surface area contributed by atoms with Gasteiger partial charge in [-0.05, 0) is 24.7 Å². The second-order valence-electron chi connectivity index (χ2n) is 3.43. The summed E-state index contributed by atoms with van der Waals surface area (Å²) in [6, 6.07) is 0. The van der Waals surface area contributed by atoms with E-state index in [1.165, 1.54) is 12.8 Å². The van der Waals surface area contributed by atoms with Gasteiger partial charge in [0, 0.05) is 13.1 Å². The van der Waals surface area contributed by atoms with Crippen molar-refractivity contribution in [2.45, 2.75) is 26.7 Å². The molecule has 0 amide bonds. The van der Waals surface area contributed by atoms with Gasteiger partial charge in [0.25, 0.3) is 0 Å². The van der Waals surface area contributed by atoms with Gasteiger partial charge in [0.2, 0.25) is 0 Å². The highest BCUT2D eigenvalue weighted by Gasteiger charge is 2.20. The summed E-state index contributed by atoms with van der Waals surface area (Å²) in [6.07, 6.45) is 2.86. The minimum atomic E-state index is 0.753. The highest BCUT2D eigenvalue weighted by Crippen LogP contribution is 2.27. The zero-order valence-corrected chi connectivity index (χ0v) is 6.43. The van der Waals surface area contributed by atoms with Crippen LogP contribution in [-0.2, 0) is 0 Å². The first-order valence-corrected chi connectivity index (χ1v) is 3.92. The maximum Gasteiger partial charge on any atom is 0.0161 e. The van der Waals surface area contributed by atoms with E-state index in [9.17, 15) is 0 Å². The standard InChI is InChI=1S/C8H16N/c1-7(2)5-9-6-8-3-4-8/h7-8H,3-6H2,1-2H3. The summed E-state index contributed by atoms with van der Waals surface area (Å²) in [5.41, 5.74) is 0. The lowest BCUT2D eigenvalue weighted by molar-refractivity contribution is 0.527. The normalized spacial score (nSPS) is 19.0. The molecule has 0 N–H and O–H groups in total. The monoisotopic (exact) mass is 126 g/mol. The van der Waals surface area contributed by atoms with Crippen LogP contribution in [0.5, 0.6) is 0 Å². The molecule has 1 aliphatic rings. The van der Waals surface area contributed by atoms with Gasteiger partial charge in [-0.1, -0.05) is 13.8 Å². The van der Waals surface area contributed by atoms with Crippen LogP contribution < -0.4 is 5.32 Å². The Balaban J connectivity index is 1.81. The SMILES string of the molecule is CC(C)C[N]CC1CC1. The van der Waals surface area contributed by atoms with Crippen LogP contribution in [0.1, 0.15) is 26.7 Å². The summed E-state index contributed by atoms with van der Waals surface area (Å²) < 4.78 is 0. The fourth-order valence-corrected chi connectivity index (χ4v) is 0.816. The summed E-state index contributed by atoms with van der Waals surface area (Å²) in [5, 5.41) is 4.43. The summed E-state index contributed by atoms with van der Waals surface area (Å²) in [5.74, 6) is 1.73. The molecule has 1 aliphatic carbocycles. The van der Waals surface area contributed by atoms with Crippen molar-refractivity contribution < 1.29 is 0 Å². The van der Waals surface area contributed by atoms with Crippen molar-refractivity contribution in [3.63, 3.8) is 0 Å². The van der Waals surface area contributed by atoms with Crippen molar-refractivity contribution in [1.82, 2.24) is 5.32 Å². The first kappa shape index (κ1) is 7.07. The van der Waals surface area contributed by atoms with E-state index in [1.54, 1.807) is 0 Å². The molecule has 0 heterocycles. The van der Waals surface area contributed by atoms with E-state index in [-0.39, 0.29) is 0 Å². The summed E-state index contributed by atoms with van der Waals surface area (Å²) in [4.78, 5) is 0. The molecule has 0 aliphatic heterocycles. The minimum Gasteiger partial charge on any atom is -0.241 e.